The molecular weight excluding hydrogens is 274 g/mol. The number of hydrogen-bond donors (Lipinski definition) is 3. The summed E-state index contributed by atoms with van der Waals surface area (Å²) in [4.78, 5) is 26.5. The number of urea groups is 1. The predicted molar refractivity (Wildman–Crippen MR) is 79.2 cm³/mol. The van der Waals surface area contributed by atoms with Crippen molar-refractivity contribution < 1.29 is 19.8 Å². The molecule has 2 amide bonds. The summed E-state index contributed by atoms with van der Waals surface area (Å²) in [6, 6.07) is 0.0916. The van der Waals surface area contributed by atoms with E-state index in [1.807, 2.05) is 0 Å². The molecule has 0 spiro atoms. The molecule has 0 aromatic carbocycles. The molecule has 2 unspecified atom stereocenters. The van der Waals surface area contributed by atoms with Crippen molar-refractivity contribution in [1.82, 2.24) is 15.1 Å². The van der Waals surface area contributed by atoms with E-state index in [1.54, 1.807) is 11.9 Å². The van der Waals surface area contributed by atoms with Crippen molar-refractivity contribution in [3.63, 3.8) is 0 Å². The van der Waals surface area contributed by atoms with Crippen LogP contribution in [0.3, 0.4) is 0 Å². The summed E-state index contributed by atoms with van der Waals surface area (Å²) in [5.74, 6) is -1.09. The normalized spacial score (nSPS) is 21.8. The lowest BCUT2D eigenvalue weighted by atomic mass is 10.0. The van der Waals surface area contributed by atoms with Crippen LogP contribution in [0.1, 0.15) is 33.1 Å². The molecule has 0 aromatic heterocycles. The Morgan fingerprint density at radius 2 is 2.14 bits per heavy atom. The van der Waals surface area contributed by atoms with Crippen molar-refractivity contribution in [2.45, 2.75) is 44.8 Å². The van der Waals surface area contributed by atoms with E-state index in [9.17, 15) is 14.7 Å². The molecule has 1 aliphatic rings. The van der Waals surface area contributed by atoms with Gasteiger partial charge in [0, 0.05) is 26.2 Å². The molecule has 0 radical (unpaired) electrons. The number of aliphatic carboxylic acids is 1. The van der Waals surface area contributed by atoms with Crippen LogP contribution in [0.5, 0.6) is 0 Å². The highest BCUT2D eigenvalue weighted by Crippen LogP contribution is 2.17. The molecule has 1 aliphatic heterocycles. The van der Waals surface area contributed by atoms with Gasteiger partial charge in [0.2, 0.25) is 0 Å². The Morgan fingerprint density at radius 3 is 2.71 bits per heavy atom. The first kappa shape index (κ1) is 17.7. The molecule has 1 fully saturated rings. The zero-order chi connectivity index (χ0) is 16.0. The molecule has 1 heterocycles. The van der Waals surface area contributed by atoms with Crippen LogP contribution in [0.2, 0.25) is 0 Å². The summed E-state index contributed by atoms with van der Waals surface area (Å²) in [5, 5.41) is 21.1. The maximum atomic E-state index is 12.0. The van der Waals surface area contributed by atoms with Crippen molar-refractivity contribution in [3.05, 3.63) is 0 Å². The van der Waals surface area contributed by atoms with E-state index >= 15 is 0 Å². The van der Waals surface area contributed by atoms with Crippen molar-refractivity contribution >= 4 is 12.0 Å². The average Bonchev–Trinajstić information content (AvgIpc) is 2.81. The Bertz CT molecular complexity index is 373. The average molecular weight is 301 g/mol. The Kier molecular flexibility index (Phi) is 6.42. The van der Waals surface area contributed by atoms with E-state index in [4.69, 9.17) is 5.11 Å². The van der Waals surface area contributed by atoms with Gasteiger partial charge in [0.15, 0.2) is 0 Å². The van der Waals surface area contributed by atoms with Crippen LogP contribution < -0.4 is 5.32 Å². The topological polar surface area (TPSA) is 93.1 Å². The quantitative estimate of drug-likeness (QED) is 0.630. The molecule has 1 saturated heterocycles. The third-order valence-electron chi connectivity index (χ3n) is 3.89. The Balaban J connectivity index is 2.39. The van der Waals surface area contributed by atoms with Gasteiger partial charge < -0.3 is 20.4 Å². The van der Waals surface area contributed by atoms with E-state index in [0.29, 0.717) is 12.6 Å². The first-order chi connectivity index (χ1) is 9.75. The lowest BCUT2D eigenvalue weighted by molar-refractivity contribution is -0.141. The van der Waals surface area contributed by atoms with Gasteiger partial charge in [-0.1, -0.05) is 6.92 Å². The van der Waals surface area contributed by atoms with Crippen molar-refractivity contribution in [1.29, 1.82) is 0 Å². The lowest BCUT2D eigenvalue weighted by Crippen LogP contribution is -2.49. The highest BCUT2D eigenvalue weighted by Gasteiger charge is 2.28. The fourth-order valence-corrected chi connectivity index (χ4v) is 2.71. The third kappa shape index (κ3) is 5.89. The summed E-state index contributed by atoms with van der Waals surface area (Å²) in [5.41, 5.74) is -1.44. The second kappa shape index (κ2) is 7.61. The van der Waals surface area contributed by atoms with E-state index in [1.165, 1.54) is 6.92 Å². The van der Waals surface area contributed by atoms with Crippen LogP contribution in [0.15, 0.2) is 0 Å². The molecular formula is C14H27N3O4. The van der Waals surface area contributed by atoms with Gasteiger partial charge in [-0.2, -0.15) is 0 Å². The number of nitrogens with one attached hydrogen (secondary N) is 1. The van der Waals surface area contributed by atoms with Crippen molar-refractivity contribution in [3.8, 4) is 0 Å². The number of amides is 2. The maximum Gasteiger partial charge on any atom is 0.317 e. The summed E-state index contributed by atoms with van der Waals surface area (Å²) < 4.78 is 0. The minimum Gasteiger partial charge on any atom is -0.481 e. The van der Waals surface area contributed by atoms with Crippen LogP contribution in [0, 0.1) is 0 Å². The summed E-state index contributed by atoms with van der Waals surface area (Å²) in [6.45, 7) is 6.13. The molecule has 2 atom stereocenters. The van der Waals surface area contributed by atoms with Gasteiger partial charge in [-0.3, -0.25) is 9.69 Å². The van der Waals surface area contributed by atoms with Gasteiger partial charge in [0.1, 0.15) is 0 Å². The Labute approximate surface area is 125 Å². The van der Waals surface area contributed by atoms with Gasteiger partial charge in [-0.25, -0.2) is 4.79 Å². The Morgan fingerprint density at radius 1 is 1.48 bits per heavy atom. The van der Waals surface area contributed by atoms with Gasteiger partial charge in [-0.05, 0) is 32.9 Å². The van der Waals surface area contributed by atoms with Gasteiger partial charge in [-0.15, -0.1) is 0 Å². The fraction of sp³-hybridized carbons (Fsp3) is 0.857. The minimum absolute atomic E-state index is 0.0787. The molecule has 122 valence electrons. The number of nitrogens with zero attached hydrogens (tertiary/aromatic N) is 2. The van der Waals surface area contributed by atoms with Crippen molar-refractivity contribution in [2.24, 2.45) is 0 Å². The molecule has 0 saturated carbocycles. The van der Waals surface area contributed by atoms with Gasteiger partial charge in [0.25, 0.3) is 0 Å². The fourth-order valence-electron chi connectivity index (χ4n) is 2.71. The molecule has 3 N–H and O–H groups in total. The molecule has 21 heavy (non-hydrogen) atoms. The van der Waals surface area contributed by atoms with Crippen LogP contribution in [-0.2, 0) is 4.79 Å². The first-order valence-corrected chi connectivity index (χ1v) is 7.42. The number of likely N-dealkylation sites (N-methyl/N-ethyl adjacent to an activating group) is 2. The number of carboxylic acid groups (broad SMARTS) is 1. The summed E-state index contributed by atoms with van der Waals surface area (Å²) >= 11 is 0. The molecule has 7 heteroatoms. The number of carbonyl (C=O) groups is 2. The van der Waals surface area contributed by atoms with Crippen molar-refractivity contribution in [2.75, 3.05) is 33.2 Å². The number of carboxylic acids is 1. The van der Waals surface area contributed by atoms with E-state index in [2.05, 4.69) is 17.1 Å². The number of likely N-dealkylation sites (tertiary alicyclic amines) is 1. The largest absolute Gasteiger partial charge is 0.481 e. The molecule has 0 aromatic rings. The first-order valence-electron chi connectivity index (χ1n) is 7.42. The maximum absolute atomic E-state index is 12.0. The standard InChI is InChI=1S/C14H27N3O4/c1-4-17-7-5-6-11(17)9-16(3)13(20)15-10-14(2,21)8-12(18)19/h11,21H,4-10H2,1-3H3,(H,15,20)(H,18,19). The summed E-state index contributed by atoms with van der Waals surface area (Å²) in [7, 11) is 1.72. The second-order valence-corrected chi connectivity index (χ2v) is 6.03. The zero-order valence-electron chi connectivity index (χ0n) is 13.1. The van der Waals surface area contributed by atoms with Crippen LogP contribution >= 0.6 is 0 Å². The lowest BCUT2D eigenvalue weighted by Gasteiger charge is -2.29. The number of rotatable bonds is 7. The monoisotopic (exact) mass is 301 g/mol. The smallest absolute Gasteiger partial charge is 0.317 e. The highest BCUT2D eigenvalue weighted by atomic mass is 16.4. The molecule has 0 aliphatic carbocycles. The second-order valence-electron chi connectivity index (χ2n) is 6.03. The predicted octanol–water partition coefficient (Wildman–Crippen LogP) is 0.338. The van der Waals surface area contributed by atoms with Crippen LogP contribution in [0.4, 0.5) is 4.79 Å². The molecule has 0 bridgehead atoms. The number of aliphatic hydroxyl groups is 1. The SMILES string of the molecule is CCN1CCCC1CN(C)C(=O)NCC(C)(O)CC(=O)O. The number of hydrogen-bond acceptors (Lipinski definition) is 4. The zero-order valence-corrected chi connectivity index (χ0v) is 13.1. The van der Waals surface area contributed by atoms with E-state index < -0.39 is 18.0 Å². The van der Waals surface area contributed by atoms with E-state index in [0.717, 1.165) is 25.9 Å². The van der Waals surface area contributed by atoms with Crippen LogP contribution in [-0.4, -0.2) is 76.9 Å². The summed E-state index contributed by atoms with van der Waals surface area (Å²) in [6.07, 6.45) is 1.84. The highest BCUT2D eigenvalue weighted by molar-refractivity contribution is 5.74. The molecule has 7 nitrogen and oxygen atoms in total. The van der Waals surface area contributed by atoms with E-state index in [-0.39, 0.29) is 12.6 Å². The number of carbonyl (C=O) groups excluding carboxylic acids is 1. The van der Waals surface area contributed by atoms with Gasteiger partial charge >= 0.3 is 12.0 Å². The van der Waals surface area contributed by atoms with Gasteiger partial charge in [0.05, 0.1) is 12.0 Å². The third-order valence-corrected chi connectivity index (χ3v) is 3.89. The molecule has 1 rings (SSSR count). The Hall–Kier alpha value is -1.34. The van der Waals surface area contributed by atoms with Crippen LogP contribution in [0.25, 0.3) is 0 Å². The minimum atomic E-state index is -1.44.